The van der Waals surface area contributed by atoms with Gasteiger partial charge in [-0.1, -0.05) is 25.5 Å². The van der Waals surface area contributed by atoms with Crippen LogP contribution in [0.5, 0.6) is 0 Å². The van der Waals surface area contributed by atoms with E-state index in [-0.39, 0.29) is 17.5 Å². The van der Waals surface area contributed by atoms with Crippen molar-refractivity contribution in [2.75, 3.05) is 0 Å². The van der Waals surface area contributed by atoms with Crippen molar-refractivity contribution < 1.29 is 9.53 Å². The Morgan fingerprint density at radius 1 is 1.47 bits per heavy atom. The van der Waals surface area contributed by atoms with Crippen LogP contribution in [-0.2, 0) is 9.53 Å². The van der Waals surface area contributed by atoms with Crippen LogP contribution in [0.25, 0.3) is 0 Å². The highest BCUT2D eigenvalue weighted by Crippen LogP contribution is 2.40. The first-order valence-electron chi connectivity index (χ1n) is 6.38. The molecule has 0 saturated carbocycles. The standard InChI is InChI=1S/C15H24O2/c1-11-7-6-10-15(4,5)14(11)9-8-12(2)17-13(3)16/h8-9,12H,6-7,10H2,1-5H3/b9-8+/t12-/m1/s1. The van der Waals surface area contributed by atoms with Gasteiger partial charge in [0.05, 0.1) is 0 Å². The molecule has 0 spiro atoms. The molecule has 0 bridgehead atoms. The molecule has 1 atom stereocenters. The van der Waals surface area contributed by atoms with E-state index in [0.29, 0.717) is 0 Å². The Labute approximate surface area is 105 Å². The van der Waals surface area contributed by atoms with Crippen molar-refractivity contribution in [2.45, 2.75) is 60.0 Å². The zero-order valence-corrected chi connectivity index (χ0v) is 11.7. The van der Waals surface area contributed by atoms with E-state index in [1.807, 2.05) is 13.0 Å². The summed E-state index contributed by atoms with van der Waals surface area (Å²) in [7, 11) is 0. The fraction of sp³-hybridized carbons (Fsp3) is 0.667. The molecule has 0 amide bonds. The highest BCUT2D eigenvalue weighted by molar-refractivity contribution is 5.66. The van der Waals surface area contributed by atoms with Crippen LogP contribution in [0.15, 0.2) is 23.3 Å². The average molecular weight is 236 g/mol. The van der Waals surface area contributed by atoms with Crippen LogP contribution < -0.4 is 0 Å². The largest absolute Gasteiger partial charge is 0.459 e. The molecule has 0 saturated heterocycles. The number of hydrogen-bond acceptors (Lipinski definition) is 2. The fourth-order valence-corrected chi connectivity index (χ4v) is 2.54. The maximum absolute atomic E-state index is 10.8. The Morgan fingerprint density at radius 2 is 2.12 bits per heavy atom. The number of hydrogen-bond donors (Lipinski definition) is 0. The minimum atomic E-state index is -0.226. The Bertz CT molecular complexity index is 348. The van der Waals surface area contributed by atoms with E-state index >= 15 is 0 Å². The normalized spacial score (nSPS) is 21.7. The van der Waals surface area contributed by atoms with Crippen molar-refractivity contribution in [1.82, 2.24) is 0 Å². The van der Waals surface area contributed by atoms with Gasteiger partial charge in [0.2, 0.25) is 0 Å². The third-order valence-electron chi connectivity index (χ3n) is 3.43. The van der Waals surface area contributed by atoms with E-state index in [9.17, 15) is 4.79 Å². The molecule has 1 aliphatic rings. The van der Waals surface area contributed by atoms with Gasteiger partial charge in [-0.25, -0.2) is 0 Å². The third-order valence-corrected chi connectivity index (χ3v) is 3.43. The van der Waals surface area contributed by atoms with Crippen molar-refractivity contribution in [3.63, 3.8) is 0 Å². The third kappa shape index (κ3) is 4.03. The molecular weight excluding hydrogens is 212 g/mol. The van der Waals surface area contributed by atoms with E-state index in [4.69, 9.17) is 4.74 Å². The molecule has 1 aliphatic carbocycles. The Morgan fingerprint density at radius 3 is 2.65 bits per heavy atom. The molecule has 1 rings (SSSR count). The Kier molecular flexibility index (Phi) is 4.55. The lowest BCUT2D eigenvalue weighted by atomic mass is 9.72. The summed E-state index contributed by atoms with van der Waals surface area (Å²) in [6.07, 6.45) is 7.66. The SMILES string of the molecule is CC(=O)O[C@H](C)/C=C/C1=C(C)CCCC1(C)C. The van der Waals surface area contributed by atoms with Crippen LogP contribution in [0.2, 0.25) is 0 Å². The summed E-state index contributed by atoms with van der Waals surface area (Å²) in [5, 5.41) is 0. The van der Waals surface area contributed by atoms with Gasteiger partial charge in [-0.15, -0.1) is 0 Å². The summed E-state index contributed by atoms with van der Waals surface area (Å²) in [6, 6.07) is 0. The number of rotatable bonds is 3. The van der Waals surface area contributed by atoms with Gasteiger partial charge < -0.3 is 4.74 Å². The molecule has 96 valence electrons. The quantitative estimate of drug-likeness (QED) is 0.692. The second-order valence-corrected chi connectivity index (χ2v) is 5.61. The van der Waals surface area contributed by atoms with Gasteiger partial charge in [-0.05, 0) is 50.2 Å². The Balaban J connectivity index is 2.78. The number of esters is 1. The lowest BCUT2D eigenvalue weighted by molar-refractivity contribution is -0.143. The first kappa shape index (κ1) is 14.0. The second-order valence-electron chi connectivity index (χ2n) is 5.61. The van der Waals surface area contributed by atoms with E-state index in [2.05, 4.69) is 26.8 Å². The molecule has 0 aliphatic heterocycles. The maximum atomic E-state index is 10.8. The van der Waals surface area contributed by atoms with E-state index in [1.54, 1.807) is 0 Å². The van der Waals surface area contributed by atoms with Gasteiger partial charge in [0, 0.05) is 6.92 Å². The predicted molar refractivity (Wildman–Crippen MR) is 70.7 cm³/mol. The van der Waals surface area contributed by atoms with Crippen molar-refractivity contribution in [2.24, 2.45) is 5.41 Å². The maximum Gasteiger partial charge on any atom is 0.303 e. The van der Waals surface area contributed by atoms with Crippen LogP contribution >= 0.6 is 0 Å². The van der Waals surface area contributed by atoms with Gasteiger partial charge in [0.25, 0.3) is 0 Å². The number of carbonyl (C=O) groups is 1. The summed E-state index contributed by atoms with van der Waals surface area (Å²) >= 11 is 0. The second kappa shape index (κ2) is 5.52. The smallest absolute Gasteiger partial charge is 0.303 e. The van der Waals surface area contributed by atoms with Crippen LogP contribution in [0.1, 0.15) is 53.9 Å². The first-order valence-corrected chi connectivity index (χ1v) is 6.38. The van der Waals surface area contributed by atoms with Crippen molar-refractivity contribution in [1.29, 1.82) is 0 Å². The lowest BCUT2D eigenvalue weighted by Gasteiger charge is -2.33. The van der Waals surface area contributed by atoms with Gasteiger partial charge in [0.15, 0.2) is 0 Å². The lowest BCUT2D eigenvalue weighted by Crippen LogP contribution is -2.19. The van der Waals surface area contributed by atoms with Gasteiger partial charge >= 0.3 is 5.97 Å². The molecule has 0 unspecified atom stereocenters. The molecule has 2 heteroatoms. The predicted octanol–water partition coefficient (Wildman–Crippen LogP) is 4.02. The average Bonchev–Trinajstić information content (AvgIpc) is 2.14. The molecule has 2 nitrogen and oxygen atoms in total. The minimum absolute atomic E-state index is 0.148. The van der Waals surface area contributed by atoms with Gasteiger partial charge in [-0.2, -0.15) is 0 Å². The molecule has 0 fully saturated rings. The molecule has 0 aromatic heterocycles. The van der Waals surface area contributed by atoms with Crippen molar-refractivity contribution in [3.8, 4) is 0 Å². The summed E-state index contributed by atoms with van der Waals surface area (Å²) in [6.45, 7) is 10.1. The topological polar surface area (TPSA) is 26.3 Å². The fourth-order valence-electron chi connectivity index (χ4n) is 2.54. The zero-order chi connectivity index (χ0) is 13.1. The highest BCUT2D eigenvalue weighted by Gasteiger charge is 2.26. The molecule has 0 aromatic rings. The van der Waals surface area contributed by atoms with Gasteiger partial charge in [-0.3, -0.25) is 4.79 Å². The molecule has 0 radical (unpaired) electrons. The van der Waals surface area contributed by atoms with E-state index < -0.39 is 0 Å². The monoisotopic (exact) mass is 236 g/mol. The molecule has 0 aromatic carbocycles. The summed E-state index contributed by atoms with van der Waals surface area (Å²) < 4.78 is 5.10. The van der Waals surface area contributed by atoms with E-state index in [1.165, 1.54) is 37.3 Å². The molecular formula is C15H24O2. The number of carbonyl (C=O) groups excluding carboxylic acids is 1. The first-order chi connectivity index (χ1) is 7.83. The number of allylic oxidation sites excluding steroid dienone is 3. The van der Waals surface area contributed by atoms with Crippen LogP contribution in [0.4, 0.5) is 0 Å². The van der Waals surface area contributed by atoms with Crippen LogP contribution in [-0.4, -0.2) is 12.1 Å². The minimum Gasteiger partial charge on any atom is -0.459 e. The summed E-state index contributed by atoms with van der Waals surface area (Å²) in [4.78, 5) is 10.8. The van der Waals surface area contributed by atoms with Crippen LogP contribution in [0.3, 0.4) is 0 Å². The summed E-state index contributed by atoms with van der Waals surface area (Å²) in [5.41, 5.74) is 3.12. The Hall–Kier alpha value is -1.05. The van der Waals surface area contributed by atoms with E-state index in [0.717, 1.165) is 0 Å². The summed E-state index contributed by atoms with van der Waals surface area (Å²) in [5.74, 6) is -0.226. The zero-order valence-electron chi connectivity index (χ0n) is 11.7. The van der Waals surface area contributed by atoms with Crippen molar-refractivity contribution in [3.05, 3.63) is 23.3 Å². The van der Waals surface area contributed by atoms with Gasteiger partial charge in [0.1, 0.15) is 6.10 Å². The van der Waals surface area contributed by atoms with Crippen LogP contribution in [0, 0.1) is 5.41 Å². The molecule has 0 heterocycles. The molecule has 0 N–H and O–H groups in total. The molecule has 17 heavy (non-hydrogen) atoms. The highest BCUT2D eigenvalue weighted by atomic mass is 16.5. The number of ether oxygens (including phenoxy) is 1. The van der Waals surface area contributed by atoms with Crippen molar-refractivity contribution >= 4 is 5.97 Å².